The monoisotopic (exact) mass is 452 g/mol. The van der Waals surface area contributed by atoms with Crippen molar-refractivity contribution in [2.24, 2.45) is 0 Å². The number of aryl methyl sites for hydroxylation is 2. The van der Waals surface area contributed by atoms with Crippen LogP contribution in [0.15, 0.2) is 47.8 Å². The molecule has 1 fully saturated rings. The molecule has 7 heteroatoms. The molecule has 2 aromatic carbocycles. The summed E-state index contributed by atoms with van der Waals surface area (Å²) in [4.78, 5) is 14.3. The van der Waals surface area contributed by atoms with Gasteiger partial charge in [0.1, 0.15) is 16.5 Å². The van der Waals surface area contributed by atoms with Gasteiger partial charge in [-0.1, -0.05) is 35.9 Å². The Bertz CT molecular complexity index is 1260. The minimum Gasteiger partial charge on any atom is -0.366 e. The first-order chi connectivity index (χ1) is 15.0. The molecule has 4 nitrogen and oxygen atoms in total. The molecular weight excluding hydrogens is 431 g/mol. The van der Waals surface area contributed by atoms with Gasteiger partial charge in [-0.25, -0.2) is 9.37 Å². The Morgan fingerprint density at radius 3 is 2.42 bits per heavy atom. The van der Waals surface area contributed by atoms with Gasteiger partial charge in [0.2, 0.25) is 5.28 Å². The average molecular weight is 453 g/mol. The van der Waals surface area contributed by atoms with Crippen molar-refractivity contribution in [3.05, 3.63) is 70.1 Å². The van der Waals surface area contributed by atoms with Crippen LogP contribution in [0.2, 0.25) is 5.28 Å². The number of piperazine rings is 1. The molecule has 0 N–H and O–H groups in total. The van der Waals surface area contributed by atoms with Crippen molar-refractivity contribution in [2.45, 2.75) is 13.8 Å². The molecule has 0 saturated carbocycles. The number of nitrogens with zero attached hydrogens (tertiary/aromatic N) is 4. The highest BCUT2D eigenvalue weighted by molar-refractivity contribution is 7.17. The number of benzene rings is 2. The molecule has 1 saturated heterocycles. The quantitative estimate of drug-likeness (QED) is 0.352. The van der Waals surface area contributed by atoms with Crippen LogP contribution in [0.5, 0.6) is 0 Å². The van der Waals surface area contributed by atoms with Crippen LogP contribution >= 0.6 is 22.9 Å². The molecule has 4 aromatic rings. The maximum atomic E-state index is 14.2. The summed E-state index contributed by atoms with van der Waals surface area (Å²) >= 11 is 7.88. The zero-order valence-electron chi connectivity index (χ0n) is 17.4. The predicted octanol–water partition coefficient (Wildman–Crippen LogP) is 6.09. The van der Waals surface area contributed by atoms with Gasteiger partial charge in [-0.05, 0) is 48.7 Å². The lowest BCUT2D eigenvalue weighted by Gasteiger charge is -2.37. The Kier molecular flexibility index (Phi) is 5.28. The van der Waals surface area contributed by atoms with E-state index >= 15 is 0 Å². The van der Waals surface area contributed by atoms with Gasteiger partial charge in [0.15, 0.2) is 0 Å². The second-order valence-electron chi connectivity index (χ2n) is 7.89. The Balaban J connectivity index is 1.52. The molecule has 3 heterocycles. The van der Waals surface area contributed by atoms with Gasteiger partial charge >= 0.3 is 0 Å². The van der Waals surface area contributed by atoms with Crippen LogP contribution in [0, 0.1) is 19.7 Å². The summed E-state index contributed by atoms with van der Waals surface area (Å²) in [6.45, 7) is 7.14. The number of thiophene rings is 1. The highest BCUT2D eigenvalue weighted by atomic mass is 35.5. The van der Waals surface area contributed by atoms with Crippen LogP contribution in [0.1, 0.15) is 11.1 Å². The summed E-state index contributed by atoms with van der Waals surface area (Å²) in [6, 6.07) is 13.4. The van der Waals surface area contributed by atoms with Crippen LogP contribution in [-0.2, 0) is 0 Å². The van der Waals surface area contributed by atoms with E-state index in [1.807, 2.05) is 12.1 Å². The zero-order chi connectivity index (χ0) is 21.5. The van der Waals surface area contributed by atoms with Gasteiger partial charge in [-0.15, -0.1) is 11.3 Å². The van der Waals surface area contributed by atoms with E-state index in [-0.39, 0.29) is 11.1 Å². The van der Waals surface area contributed by atoms with Gasteiger partial charge in [-0.3, -0.25) is 0 Å². The van der Waals surface area contributed by atoms with E-state index in [1.165, 1.54) is 22.8 Å². The van der Waals surface area contributed by atoms with Crippen molar-refractivity contribution in [1.82, 2.24) is 9.97 Å². The summed E-state index contributed by atoms with van der Waals surface area (Å²) in [5, 5.41) is 3.45. The Morgan fingerprint density at radius 1 is 0.935 bits per heavy atom. The van der Waals surface area contributed by atoms with Crippen molar-refractivity contribution in [1.29, 1.82) is 0 Å². The molecule has 0 aliphatic carbocycles. The molecular formula is C24H22ClFN4S. The number of hydrogen-bond donors (Lipinski definition) is 0. The maximum Gasteiger partial charge on any atom is 0.225 e. The number of rotatable bonds is 3. The highest BCUT2D eigenvalue weighted by Gasteiger charge is 2.25. The molecule has 1 aliphatic rings. The van der Waals surface area contributed by atoms with Crippen LogP contribution in [0.4, 0.5) is 15.9 Å². The van der Waals surface area contributed by atoms with E-state index in [0.717, 1.165) is 34.7 Å². The summed E-state index contributed by atoms with van der Waals surface area (Å²) in [5.41, 5.74) is 5.45. The molecule has 1 aliphatic heterocycles. The van der Waals surface area contributed by atoms with E-state index in [2.05, 4.69) is 57.2 Å². The maximum absolute atomic E-state index is 14.2. The molecule has 0 unspecified atom stereocenters. The number of hydrogen-bond acceptors (Lipinski definition) is 5. The number of para-hydroxylation sites is 1. The molecule has 31 heavy (non-hydrogen) atoms. The first kappa shape index (κ1) is 20.2. The SMILES string of the molecule is Cc1ccc(-c2csc3nc(Cl)nc(N4CCN(c5ccccc5F)CC4)c23)c(C)c1. The lowest BCUT2D eigenvalue weighted by molar-refractivity contribution is 0.596. The molecule has 0 bridgehead atoms. The number of anilines is 2. The third kappa shape index (κ3) is 3.75. The molecule has 158 valence electrons. The van der Waals surface area contributed by atoms with Crippen molar-refractivity contribution < 1.29 is 4.39 Å². The fraction of sp³-hybridized carbons (Fsp3) is 0.250. The van der Waals surface area contributed by atoms with Crippen LogP contribution in [-0.4, -0.2) is 36.1 Å². The van der Waals surface area contributed by atoms with E-state index in [9.17, 15) is 4.39 Å². The third-order valence-electron chi connectivity index (χ3n) is 5.83. The van der Waals surface area contributed by atoms with Gasteiger partial charge in [-0.2, -0.15) is 4.98 Å². The van der Waals surface area contributed by atoms with Gasteiger partial charge in [0, 0.05) is 37.1 Å². The topological polar surface area (TPSA) is 32.3 Å². The van der Waals surface area contributed by atoms with Crippen LogP contribution in [0.3, 0.4) is 0 Å². The zero-order valence-corrected chi connectivity index (χ0v) is 19.0. The Labute approximate surface area is 189 Å². The van der Waals surface area contributed by atoms with Crippen molar-refractivity contribution in [3.63, 3.8) is 0 Å². The van der Waals surface area contributed by atoms with Crippen molar-refractivity contribution in [2.75, 3.05) is 36.0 Å². The minimum atomic E-state index is -0.182. The highest BCUT2D eigenvalue weighted by Crippen LogP contribution is 2.40. The molecule has 0 amide bonds. The minimum absolute atomic E-state index is 0.182. The fourth-order valence-corrected chi connectivity index (χ4v) is 5.46. The standard InChI is InChI=1S/C24H22ClFN4S/c1-15-7-8-17(16(2)13-15)18-14-31-23-21(18)22(27-24(25)28-23)30-11-9-29(10-12-30)20-6-4-3-5-19(20)26/h3-8,13-14H,9-12H2,1-2H3. The second kappa shape index (κ2) is 8.09. The molecule has 2 aromatic heterocycles. The smallest absolute Gasteiger partial charge is 0.225 e. The third-order valence-corrected chi connectivity index (χ3v) is 6.87. The van der Waals surface area contributed by atoms with E-state index in [4.69, 9.17) is 11.6 Å². The van der Waals surface area contributed by atoms with Crippen LogP contribution in [0.25, 0.3) is 21.3 Å². The molecule has 0 radical (unpaired) electrons. The number of aromatic nitrogens is 2. The predicted molar refractivity (Wildman–Crippen MR) is 128 cm³/mol. The first-order valence-electron chi connectivity index (χ1n) is 10.3. The average Bonchev–Trinajstić information content (AvgIpc) is 3.17. The van der Waals surface area contributed by atoms with Crippen molar-refractivity contribution >= 4 is 44.7 Å². The van der Waals surface area contributed by atoms with Gasteiger partial charge in [0.05, 0.1) is 11.1 Å². The van der Waals surface area contributed by atoms with Gasteiger partial charge < -0.3 is 9.80 Å². The Hall–Kier alpha value is -2.70. The lowest BCUT2D eigenvalue weighted by atomic mass is 9.99. The summed E-state index contributed by atoms with van der Waals surface area (Å²) in [7, 11) is 0. The number of fused-ring (bicyclic) bond motifs is 1. The first-order valence-corrected chi connectivity index (χ1v) is 11.5. The van der Waals surface area contributed by atoms with E-state index in [0.29, 0.717) is 18.8 Å². The molecule has 0 spiro atoms. The summed E-state index contributed by atoms with van der Waals surface area (Å²) < 4.78 is 14.2. The fourth-order valence-electron chi connectivity index (χ4n) is 4.31. The van der Waals surface area contributed by atoms with Crippen LogP contribution < -0.4 is 9.80 Å². The van der Waals surface area contributed by atoms with Crippen molar-refractivity contribution in [3.8, 4) is 11.1 Å². The molecule has 0 atom stereocenters. The molecule has 5 rings (SSSR count). The largest absolute Gasteiger partial charge is 0.366 e. The number of halogens is 2. The van der Waals surface area contributed by atoms with E-state index in [1.54, 1.807) is 17.4 Å². The summed E-state index contributed by atoms with van der Waals surface area (Å²) in [6.07, 6.45) is 0. The Morgan fingerprint density at radius 2 is 1.68 bits per heavy atom. The lowest BCUT2D eigenvalue weighted by Crippen LogP contribution is -2.47. The van der Waals surface area contributed by atoms with E-state index < -0.39 is 0 Å². The normalized spacial score (nSPS) is 14.5. The summed E-state index contributed by atoms with van der Waals surface area (Å²) in [5.74, 6) is 0.679. The second-order valence-corrected chi connectivity index (χ2v) is 9.09. The van der Waals surface area contributed by atoms with Gasteiger partial charge in [0.25, 0.3) is 0 Å².